The van der Waals surface area contributed by atoms with Crippen LogP contribution in [0.4, 0.5) is 0 Å². The lowest BCUT2D eigenvalue weighted by molar-refractivity contribution is 0.225. The molecule has 3 atom stereocenters. The maximum absolute atomic E-state index is 3.74. The van der Waals surface area contributed by atoms with Gasteiger partial charge in [-0.3, -0.25) is 0 Å². The van der Waals surface area contributed by atoms with Crippen LogP contribution < -0.4 is 10.6 Å². The number of nitrogens with one attached hydrogen (secondary N) is 2. The Morgan fingerprint density at radius 2 is 2.07 bits per heavy atom. The van der Waals surface area contributed by atoms with E-state index in [1.54, 1.807) is 0 Å². The topological polar surface area (TPSA) is 24.1 Å². The third-order valence-electron chi connectivity index (χ3n) is 4.47. The second-order valence-electron chi connectivity index (χ2n) is 5.72. The molecule has 3 rings (SSSR count). The molecule has 2 nitrogen and oxygen atoms in total. The van der Waals surface area contributed by atoms with Crippen LogP contribution in [0.2, 0.25) is 0 Å². The van der Waals surface area contributed by atoms with Crippen molar-refractivity contribution in [1.82, 2.24) is 10.6 Å². The summed E-state index contributed by atoms with van der Waals surface area (Å²) in [6.07, 6.45) is 7.11. The molecule has 2 heterocycles. The van der Waals surface area contributed by atoms with Crippen LogP contribution in [0.25, 0.3) is 0 Å². The minimum absolute atomic E-state index is 0.851. The van der Waals surface area contributed by atoms with Crippen LogP contribution in [-0.4, -0.2) is 24.7 Å². The molecule has 2 N–H and O–H groups in total. The SMILES string of the molecule is CC1CC(NCC2CC3CCC2N3)C1. The Morgan fingerprint density at radius 3 is 2.64 bits per heavy atom. The van der Waals surface area contributed by atoms with Gasteiger partial charge >= 0.3 is 0 Å². The van der Waals surface area contributed by atoms with Crippen molar-refractivity contribution in [2.45, 2.75) is 57.2 Å². The van der Waals surface area contributed by atoms with Crippen molar-refractivity contribution in [1.29, 1.82) is 0 Å². The summed E-state index contributed by atoms with van der Waals surface area (Å²) in [6.45, 7) is 3.63. The van der Waals surface area contributed by atoms with E-state index in [1.807, 2.05) is 0 Å². The first-order valence-corrected chi connectivity index (χ1v) is 6.30. The molecule has 2 bridgehead atoms. The zero-order valence-corrected chi connectivity index (χ0v) is 9.13. The summed E-state index contributed by atoms with van der Waals surface area (Å²) in [5, 5.41) is 7.44. The van der Waals surface area contributed by atoms with Gasteiger partial charge in [0.15, 0.2) is 0 Å². The van der Waals surface area contributed by atoms with Crippen molar-refractivity contribution in [2.24, 2.45) is 11.8 Å². The molecule has 3 unspecified atom stereocenters. The van der Waals surface area contributed by atoms with Crippen LogP contribution in [0.1, 0.15) is 39.0 Å². The predicted molar refractivity (Wildman–Crippen MR) is 58.2 cm³/mol. The Morgan fingerprint density at radius 1 is 1.21 bits per heavy atom. The van der Waals surface area contributed by atoms with Gasteiger partial charge in [0.05, 0.1) is 0 Å². The maximum atomic E-state index is 3.74. The minimum atomic E-state index is 0.851. The molecule has 2 aliphatic heterocycles. The summed E-state index contributed by atoms with van der Waals surface area (Å²) in [5.41, 5.74) is 0. The maximum Gasteiger partial charge on any atom is 0.0111 e. The molecular formula is C12H22N2. The zero-order valence-electron chi connectivity index (χ0n) is 9.13. The molecule has 0 aromatic heterocycles. The summed E-state index contributed by atoms with van der Waals surface area (Å²) in [5.74, 6) is 1.91. The normalized spacial score (nSPS) is 50.8. The third-order valence-corrected chi connectivity index (χ3v) is 4.47. The Kier molecular flexibility index (Phi) is 2.29. The molecule has 0 amide bonds. The highest BCUT2D eigenvalue weighted by Gasteiger charge is 2.39. The highest BCUT2D eigenvalue weighted by atomic mass is 15.1. The second-order valence-corrected chi connectivity index (χ2v) is 5.72. The van der Waals surface area contributed by atoms with Gasteiger partial charge in [0.25, 0.3) is 0 Å². The van der Waals surface area contributed by atoms with E-state index in [9.17, 15) is 0 Å². The molecule has 2 heteroatoms. The van der Waals surface area contributed by atoms with Gasteiger partial charge in [-0.15, -0.1) is 0 Å². The first-order valence-electron chi connectivity index (χ1n) is 6.30. The second kappa shape index (κ2) is 3.49. The first-order chi connectivity index (χ1) is 6.81. The Balaban J connectivity index is 1.41. The largest absolute Gasteiger partial charge is 0.314 e. The summed E-state index contributed by atoms with van der Waals surface area (Å²) in [6, 6.07) is 2.57. The predicted octanol–water partition coefficient (Wildman–Crippen LogP) is 1.51. The highest BCUT2D eigenvalue weighted by Crippen LogP contribution is 2.33. The van der Waals surface area contributed by atoms with Crippen molar-refractivity contribution in [2.75, 3.05) is 6.54 Å². The van der Waals surface area contributed by atoms with Gasteiger partial charge < -0.3 is 10.6 Å². The molecule has 80 valence electrons. The molecule has 14 heavy (non-hydrogen) atoms. The van der Waals surface area contributed by atoms with E-state index in [1.165, 1.54) is 38.6 Å². The van der Waals surface area contributed by atoms with Crippen LogP contribution in [0.5, 0.6) is 0 Å². The average Bonchev–Trinajstić information content (AvgIpc) is 2.71. The Labute approximate surface area is 86.8 Å². The van der Waals surface area contributed by atoms with E-state index in [2.05, 4.69) is 17.6 Å². The van der Waals surface area contributed by atoms with Crippen LogP contribution in [0, 0.1) is 11.8 Å². The summed E-state index contributed by atoms with van der Waals surface area (Å²) < 4.78 is 0. The first kappa shape index (κ1) is 9.17. The lowest BCUT2D eigenvalue weighted by Crippen LogP contribution is -2.44. The molecule has 1 saturated carbocycles. The average molecular weight is 194 g/mol. The number of hydrogen-bond donors (Lipinski definition) is 2. The standard InChI is InChI=1S/C12H22N2/c1-8-4-11(5-8)13-7-9-6-10-2-3-12(9)14-10/h8-14H,2-7H2,1H3. The van der Waals surface area contributed by atoms with Gasteiger partial charge in [0.2, 0.25) is 0 Å². The van der Waals surface area contributed by atoms with Gasteiger partial charge in [-0.25, -0.2) is 0 Å². The van der Waals surface area contributed by atoms with Crippen LogP contribution in [-0.2, 0) is 0 Å². The van der Waals surface area contributed by atoms with Crippen molar-refractivity contribution in [3.05, 3.63) is 0 Å². The zero-order chi connectivity index (χ0) is 9.54. The number of hydrogen-bond acceptors (Lipinski definition) is 2. The van der Waals surface area contributed by atoms with Crippen molar-refractivity contribution >= 4 is 0 Å². The molecule has 0 aromatic rings. The summed E-state index contributed by atoms with van der Waals surface area (Å²) >= 11 is 0. The fourth-order valence-electron chi connectivity index (χ4n) is 3.55. The molecule has 1 aliphatic carbocycles. The fraction of sp³-hybridized carbons (Fsp3) is 1.00. The van der Waals surface area contributed by atoms with E-state index in [4.69, 9.17) is 0 Å². The molecule has 0 radical (unpaired) electrons. The van der Waals surface area contributed by atoms with Crippen LogP contribution in [0.3, 0.4) is 0 Å². The quantitative estimate of drug-likeness (QED) is 0.712. The monoisotopic (exact) mass is 194 g/mol. The van der Waals surface area contributed by atoms with E-state index in [-0.39, 0.29) is 0 Å². The van der Waals surface area contributed by atoms with E-state index in [0.717, 1.165) is 30.0 Å². The molecule has 2 saturated heterocycles. The third kappa shape index (κ3) is 1.59. The van der Waals surface area contributed by atoms with Crippen LogP contribution >= 0.6 is 0 Å². The molecule has 3 fully saturated rings. The van der Waals surface area contributed by atoms with Gasteiger partial charge in [-0.1, -0.05) is 6.92 Å². The van der Waals surface area contributed by atoms with Crippen molar-refractivity contribution in [3.8, 4) is 0 Å². The Bertz CT molecular complexity index is 210. The summed E-state index contributed by atoms with van der Waals surface area (Å²) in [7, 11) is 0. The Hall–Kier alpha value is -0.0800. The van der Waals surface area contributed by atoms with Crippen molar-refractivity contribution in [3.63, 3.8) is 0 Å². The van der Waals surface area contributed by atoms with E-state index in [0.29, 0.717) is 0 Å². The lowest BCUT2D eigenvalue weighted by atomic mass is 9.81. The van der Waals surface area contributed by atoms with E-state index >= 15 is 0 Å². The molecule has 0 spiro atoms. The molecule has 0 aromatic carbocycles. The lowest BCUT2D eigenvalue weighted by Gasteiger charge is -2.35. The summed E-state index contributed by atoms with van der Waals surface area (Å²) in [4.78, 5) is 0. The fourth-order valence-corrected chi connectivity index (χ4v) is 3.55. The minimum Gasteiger partial charge on any atom is -0.314 e. The van der Waals surface area contributed by atoms with Crippen molar-refractivity contribution < 1.29 is 0 Å². The van der Waals surface area contributed by atoms with E-state index < -0.39 is 0 Å². The molecular weight excluding hydrogens is 172 g/mol. The number of fused-ring (bicyclic) bond motifs is 2. The van der Waals surface area contributed by atoms with Gasteiger partial charge in [-0.2, -0.15) is 0 Å². The van der Waals surface area contributed by atoms with Crippen LogP contribution in [0.15, 0.2) is 0 Å². The highest BCUT2D eigenvalue weighted by molar-refractivity contribution is 4.98. The smallest absolute Gasteiger partial charge is 0.0111 e. The van der Waals surface area contributed by atoms with Gasteiger partial charge in [0.1, 0.15) is 0 Å². The van der Waals surface area contributed by atoms with Gasteiger partial charge in [-0.05, 0) is 50.5 Å². The molecule has 3 aliphatic rings. The van der Waals surface area contributed by atoms with Gasteiger partial charge in [0, 0.05) is 18.1 Å². The number of rotatable bonds is 3.